The van der Waals surface area contributed by atoms with Crippen molar-refractivity contribution in [3.8, 4) is 0 Å². The van der Waals surface area contributed by atoms with Gasteiger partial charge in [0.05, 0.1) is 26.4 Å². The molecule has 0 aliphatic carbocycles. The van der Waals surface area contributed by atoms with Gasteiger partial charge in [0.15, 0.2) is 0 Å². The summed E-state index contributed by atoms with van der Waals surface area (Å²) >= 11 is 0. The van der Waals surface area contributed by atoms with E-state index in [1.165, 1.54) is 32.1 Å². The summed E-state index contributed by atoms with van der Waals surface area (Å²) in [5.74, 6) is 0. The zero-order valence-corrected chi connectivity index (χ0v) is 14.1. The first-order valence-corrected chi connectivity index (χ1v) is 8.72. The average Bonchev–Trinajstić information content (AvgIpc) is 2.49. The Morgan fingerprint density at radius 3 is 1.86 bits per heavy atom. The van der Waals surface area contributed by atoms with Gasteiger partial charge in [-0.1, -0.05) is 52.4 Å². The maximum atomic E-state index is 9.67. The molecule has 0 aromatic carbocycles. The Bertz CT molecular complexity index is 188. The van der Waals surface area contributed by atoms with Crippen molar-refractivity contribution >= 4 is 0 Å². The second-order valence-electron chi connectivity index (χ2n) is 5.54. The minimum absolute atomic E-state index is 0.327. The Morgan fingerprint density at radius 1 is 0.619 bits per heavy atom. The van der Waals surface area contributed by atoms with E-state index >= 15 is 0 Å². The van der Waals surface area contributed by atoms with Gasteiger partial charge in [-0.3, -0.25) is 0 Å². The Hall–Kier alpha value is -0.160. The third-order valence-electron chi connectivity index (χ3n) is 3.28. The summed E-state index contributed by atoms with van der Waals surface area (Å²) in [5, 5.41) is 9.67. The first-order chi connectivity index (χ1) is 10.3. The highest BCUT2D eigenvalue weighted by Gasteiger charge is 2.04. The topological polar surface area (TPSA) is 47.9 Å². The first-order valence-electron chi connectivity index (χ1n) is 8.72. The average molecular weight is 304 g/mol. The number of aliphatic hydroxyl groups is 1. The van der Waals surface area contributed by atoms with Crippen LogP contribution in [0.1, 0.15) is 65.2 Å². The van der Waals surface area contributed by atoms with E-state index in [1.54, 1.807) is 0 Å². The molecule has 0 amide bonds. The highest BCUT2D eigenvalue weighted by Crippen LogP contribution is 2.05. The van der Waals surface area contributed by atoms with E-state index in [4.69, 9.17) is 14.2 Å². The molecule has 0 rings (SSSR count). The highest BCUT2D eigenvalue weighted by atomic mass is 16.5. The minimum Gasteiger partial charge on any atom is -0.388 e. The summed E-state index contributed by atoms with van der Waals surface area (Å²) in [5.41, 5.74) is 0. The lowest BCUT2D eigenvalue weighted by molar-refractivity contribution is -0.0325. The molecule has 0 aromatic rings. The molecule has 0 bridgehead atoms. The fraction of sp³-hybridized carbons (Fsp3) is 1.00. The maximum Gasteiger partial charge on any atom is 0.101 e. The second kappa shape index (κ2) is 17.9. The lowest BCUT2D eigenvalue weighted by Gasteiger charge is -2.12. The van der Waals surface area contributed by atoms with Crippen molar-refractivity contribution in [1.82, 2.24) is 0 Å². The standard InChI is InChI=1S/C17H36O4/c1-3-5-7-8-9-10-12-20-15-17(18)16-21-14-13-19-11-6-4-2/h17-18H,3-16H2,1-2H3/t17-/m1/s1. The van der Waals surface area contributed by atoms with Gasteiger partial charge < -0.3 is 19.3 Å². The molecule has 0 radical (unpaired) electrons. The van der Waals surface area contributed by atoms with Crippen LogP contribution in [0.15, 0.2) is 0 Å². The molecule has 4 nitrogen and oxygen atoms in total. The lowest BCUT2D eigenvalue weighted by Crippen LogP contribution is -2.23. The van der Waals surface area contributed by atoms with E-state index in [0.29, 0.717) is 26.4 Å². The SMILES string of the molecule is CCCCCCCCOC[C@@H](O)COCCOCCCC. The Balaban J connectivity index is 3.11. The Kier molecular flexibility index (Phi) is 17.8. The van der Waals surface area contributed by atoms with Gasteiger partial charge in [0.2, 0.25) is 0 Å². The fourth-order valence-corrected chi connectivity index (χ4v) is 1.94. The van der Waals surface area contributed by atoms with Crippen LogP contribution in [-0.2, 0) is 14.2 Å². The minimum atomic E-state index is -0.527. The zero-order valence-electron chi connectivity index (χ0n) is 14.1. The molecule has 4 heteroatoms. The van der Waals surface area contributed by atoms with Gasteiger partial charge in [0.25, 0.3) is 0 Å². The molecular weight excluding hydrogens is 268 g/mol. The van der Waals surface area contributed by atoms with Crippen LogP contribution < -0.4 is 0 Å². The molecule has 0 spiro atoms. The van der Waals surface area contributed by atoms with Crippen molar-refractivity contribution in [1.29, 1.82) is 0 Å². The summed E-state index contributed by atoms with van der Waals surface area (Å²) in [6, 6.07) is 0. The van der Waals surface area contributed by atoms with Gasteiger partial charge in [-0.05, 0) is 12.8 Å². The molecule has 1 atom stereocenters. The van der Waals surface area contributed by atoms with Crippen molar-refractivity contribution in [3.63, 3.8) is 0 Å². The van der Waals surface area contributed by atoms with Crippen LogP contribution in [0, 0.1) is 0 Å². The van der Waals surface area contributed by atoms with Crippen LogP contribution in [-0.4, -0.2) is 50.9 Å². The smallest absolute Gasteiger partial charge is 0.101 e. The molecule has 0 aliphatic rings. The summed E-state index contributed by atoms with van der Waals surface area (Å²) in [4.78, 5) is 0. The van der Waals surface area contributed by atoms with Crippen LogP contribution in [0.2, 0.25) is 0 Å². The van der Waals surface area contributed by atoms with Gasteiger partial charge in [-0.25, -0.2) is 0 Å². The van der Waals surface area contributed by atoms with E-state index in [-0.39, 0.29) is 0 Å². The molecule has 21 heavy (non-hydrogen) atoms. The molecule has 128 valence electrons. The molecule has 0 saturated heterocycles. The van der Waals surface area contributed by atoms with E-state index in [2.05, 4.69) is 13.8 Å². The van der Waals surface area contributed by atoms with Crippen LogP contribution >= 0.6 is 0 Å². The molecule has 0 heterocycles. The molecule has 0 saturated carbocycles. The first kappa shape index (κ1) is 20.8. The van der Waals surface area contributed by atoms with Crippen LogP contribution in [0.25, 0.3) is 0 Å². The van der Waals surface area contributed by atoms with Crippen molar-refractivity contribution in [3.05, 3.63) is 0 Å². The van der Waals surface area contributed by atoms with Crippen molar-refractivity contribution in [2.75, 3.05) is 39.6 Å². The number of unbranched alkanes of at least 4 members (excludes halogenated alkanes) is 6. The Labute approximate surface area is 131 Å². The highest BCUT2D eigenvalue weighted by molar-refractivity contribution is 4.52. The second-order valence-corrected chi connectivity index (χ2v) is 5.54. The summed E-state index contributed by atoms with van der Waals surface area (Å²) in [6.07, 6.45) is 9.26. The normalized spacial score (nSPS) is 12.7. The summed E-state index contributed by atoms with van der Waals surface area (Å²) in [6.45, 7) is 7.74. The number of ether oxygens (including phenoxy) is 3. The van der Waals surface area contributed by atoms with E-state index in [9.17, 15) is 5.11 Å². The van der Waals surface area contributed by atoms with Crippen LogP contribution in [0.5, 0.6) is 0 Å². The predicted molar refractivity (Wildman–Crippen MR) is 86.7 cm³/mol. The van der Waals surface area contributed by atoms with E-state index in [1.807, 2.05) is 0 Å². The summed E-state index contributed by atoms with van der Waals surface area (Å²) in [7, 11) is 0. The van der Waals surface area contributed by atoms with Gasteiger partial charge in [0, 0.05) is 13.2 Å². The van der Waals surface area contributed by atoms with Gasteiger partial charge in [-0.15, -0.1) is 0 Å². The van der Waals surface area contributed by atoms with Crippen molar-refractivity contribution in [2.45, 2.75) is 71.3 Å². The van der Waals surface area contributed by atoms with Gasteiger partial charge in [-0.2, -0.15) is 0 Å². The van der Waals surface area contributed by atoms with E-state index < -0.39 is 6.10 Å². The predicted octanol–water partition coefficient (Wildman–Crippen LogP) is 3.56. The number of hydrogen-bond acceptors (Lipinski definition) is 4. The van der Waals surface area contributed by atoms with Crippen LogP contribution in [0.4, 0.5) is 0 Å². The molecule has 0 aromatic heterocycles. The third-order valence-corrected chi connectivity index (χ3v) is 3.28. The largest absolute Gasteiger partial charge is 0.388 e. The number of hydrogen-bond donors (Lipinski definition) is 1. The van der Waals surface area contributed by atoms with Crippen molar-refractivity contribution in [2.24, 2.45) is 0 Å². The number of rotatable bonds is 17. The van der Waals surface area contributed by atoms with E-state index in [0.717, 1.165) is 32.5 Å². The Morgan fingerprint density at radius 2 is 1.14 bits per heavy atom. The fourth-order valence-electron chi connectivity index (χ4n) is 1.94. The van der Waals surface area contributed by atoms with Gasteiger partial charge >= 0.3 is 0 Å². The number of aliphatic hydroxyl groups excluding tert-OH is 1. The monoisotopic (exact) mass is 304 g/mol. The van der Waals surface area contributed by atoms with Crippen molar-refractivity contribution < 1.29 is 19.3 Å². The molecular formula is C17H36O4. The molecule has 1 N–H and O–H groups in total. The van der Waals surface area contributed by atoms with Crippen LogP contribution in [0.3, 0.4) is 0 Å². The molecule has 0 aliphatic heterocycles. The summed E-state index contributed by atoms with van der Waals surface area (Å²) < 4.78 is 16.2. The quantitative estimate of drug-likeness (QED) is 0.417. The third kappa shape index (κ3) is 17.8. The maximum absolute atomic E-state index is 9.67. The van der Waals surface area contributed by atoms with Gasteiger partial charge in [0.1, 0.15) is 6.10 Å². The molecule has 0 unspecified atom stereocenters. The molecule has 0 fully saturated rings. The zero-order chi connectivity index (χ0) is 15.6. The lowest BCUT2D eigenvalue weighted by atomic mass is 10.1.